The Morgan fingerprint density at radius 3 is 1.32 bits per heavy atom. The molecule has 0 radical (unpaired) electrons. The highest BCUT2D eigenvalue weighted by Gasteiger charge is 2.20. The second-order valence-corrected chi connectivity index (χ2v) is 10.8. The molecule has 0 aliphatic rings. The van der Waals surface area contributed by atoms with Crippen LogP contribution in [0.3, 0.4) is 0 Å². The molecule has 0 atom stereocenters. The fourth-order valence-corrected chi connectivity index (χ4v) is 6.03. The van der Waals surface area contributed by atoms with Gasteiger partial charge in [0, 0.05) is 27.1 Å². The van der Waals surface area contributed by atoms with Gasteiger partial charge in [-0.1, -0.05) is 115 Å². The molecule has 0 aliphatic heterocycles. The molecular weight excluding hydrogens is 542 g/mol. The number of hydrogen-bond acceptors (Lipinski definition) is 5. The molecule has 0 bridgehead atoms. The van der Waals surface area contributed by atoms with Crippen LogP contribution < -0.4 is 0 Å². The number of furan rings is 2. The summed E-state index contributed by atoms with van der Waals surface area (Å²) < 4.78 is 12.8. The third kappa shape index (κ3) is 3.91. The number of benzene rings is 6. The third-order valence-electron chi connectivity index (χ3n) is 8.18. The van der Waals surface area contributed by atoms with Gasteiger partial charge in [-0.05, 0) is 35.4 Å². The monoisotopic (exact) mass is 565 g/mol. The molecule has 0 spiro atoms. The topological polar surface area (TPSA) is 65.0 Å². The van der Waals surface area contributed by atoms with Crippen molar-refractivity contribution in [3.8, 4) is 45.3 Å². The van der Waals surface area contributed by atoms with Crippen molar-refractivity contribution in [2.45, 2.75) is 0 Å². The van der Waals surface area contributed by atoms with E-state index in [4.69, 9.17) is 23.8 Å². The van der Waals surface area contributed by atoms with Crippen molar-refractivity contribution < 1.29 is 8.83 Å². The minimum atomic E-state index is 0.537. The zero-order valence-corrected chi connectivity index (χ0v) is 23.4. The van der Waals surface area contributed by atoms with E-state index in [1.54, 1.807) is 0 Å². The average Bonchev–Trinajstić information content (AvgIpc) is 3.67. The van der Waals surface area contributed by atoms with Crippen molar-refractivity contribution in [2.24, 2.45) is 0 Å². The van der Waals surface area contributed by atoms with E-state index >= 15 is 0 Å². The highest BCUT2D eigenvalue weighted by molar-refractivity contribution is 6.10. The SMILES string of the molecule is c1ccc(-c2ccc(-c3nc(-c4cccc5c4oc4ccccc45)nc(-c4cccc5c4oc4ccccc45)n3)cc2)cc1. The predicted molar refractivity (Wildman–Crippen MR) is 176 cm³/mol. The van der Waals surface area contributed by atoms with Gasteiger partial charge in [-0.15, -0.1) is 0 Å². The molecule has 5 nitrogen and oxygen atoms in total. The Morgan fingerprint density at radius 1 is 0.318 bits per heavy atom. The third-order valence-corrected chi connectivity index (χ3v) is 8.18. The van der Waals surface area contributed by atoms with Gasteiger partial charge in [0.15, 0.2) is 17.5 Å². The Labute approximate surface area is 252 Å². The molecule has 0 N–H and O–H groups in total. The molecule has 0 unspecified atom stereocenters. The Kier molecular flexibility index (Phi) is 5.43. The number of fused-ring (bicyclic) bond motifs is 6. The molecule has 0 amide bonds. The maximum absolute atomic E-state index is 6.39. The summed E-state index contributed by atoms with van der Waals surface area (Å²) in [6, 6.07) is 47.0. The standard InChI is InChI=1S/C39H23N3O2/c1-2-10-24(11-3-1)25-20-22-26(23-21-25)37-40-38(31-16-8-14-29-27-12-4-6-18-33(27)43-35(29)31)42-39(41-37)32-17-9-15-30-28-13-5-7-19-34(28)44-36(30)32/h1-23H. The maximum atomic E-state index is 6.39. The summed E-state index contributed by atoms with van der Waals surface area (Å²) >= 11 is 0. The molecule has 9 aromatic rings. The van der Waals surface area contributed by atoms with Gasteiger partial charge in [-0.2, -0.15) is 0 Å². The Balaban J connectivity index is 1.28. The molecule has 0 saturated carbocycles. The zero-order chi connectivity index (χ0) is 29.0. The van der Waals surface area contributed by atoms with E-state index in [1.165, 1.54) is 0 Å². The number of hydrogen-bond donors (Lipinski definition) is 0. The minimum Gasteiger partial charge on any atom is -0.455 e. The Morgan fingerprint density at radius 2 is 0.750 bits per heavy atom. The first-order chi connectivity index (χ1) is 21.8. The number of nitrogens with zero attached hydrogens (tertiary/aromatic N) is 3. The van der Waals surface area contributed by atoms with Crippen LogP contribution in [0.2, 0.25) is 0 Å². The molecule has 3 aromatic heterocycles. The normalized spacial score (nSPS) is 11.6. The van der Waals surface area contributed by atoms with Gasteiger partial charge in [-0.25, -0.2) is 15.0 Å². The molecule has 44 heavy (non-hydrogen) atoms. The lowest BCUT2D eigenvalue weighted by atomic mass is 10.0. The zero-order valence-electron chi connectivity index (χ0n) is 23.4. The summed E-state index contributed by atoms with van der Waals surface area (Å²) in [7, 11) is 0. The van der Waals surface area contributed by atoms with Gasteiger partial charge in [0.05, 0.1) is 11.1 Å². The Bertz CT molecular complexity index is 2360. The molecule has 0 saturated heterocycles. The minimum absolute atomic E-state index is 0.537. The lowest BCUT2D eigenvalue weighted by molar-refractivity contribution is 0.669. The van der Waals surface area contributed by atoms with Crippen LogP contribution in [-0.4, -0.2) is 15.0 Å². The predicted octanol–water partition coefficient (Wildman–Crippen LogP) is 10.3. The van der Waals surface area contributed by atoms with Crippen molar-refractivity contribution in [1.29, 1.82) is 0 Å². The quantitative estimate of drug-likeness (QED) is 0.212. The molecule has 206 valence electrons. The first-order valence-electron chi connectivity index (χ1n) is 14.5. The summed E-state index contributed by atoms with van der Waals surface area (Å²) in [6.07, 6.45) is 0. The lowest BCUT2D eigenvalue weighted by Crippen LogP contribution is -2.00. The van der Waals surface area contributed by atoms with Crippen molar-refractivity contribution in [2.75, 3.05) is 0 Å². The Hall–Kier alpha value is -6.07. The van der Waals surface area contributed by atoms with E-state index in [1.807, 2.05) is 78.9 Å². The first-order valence-corrected chi connectivity index (χ1v) is 14.5. The smallest absolute Gasteiger partial charge is 0.167 e. The second-order valence-electron chi connectivity index (χ2n) is 10.8. The van der Waals surface area contributed by atoms with Crippen LogP contribution in [0.5, 0.6) is 0 Å². The van der Waals surface area contributed by atoms with Gasteiger partial charge >= 0.3 is 0 Å². The van der Waals surface area contributed by atoms with Gasteiger partial charge in [0.25, 0.3) is 0 Å². The van der Waals surface area contributed by atoms with Crippen molar-refractivity contribution in [3.05, 3.63) is 140 Å². The maximum Gasteiger partial charge on any atom is 0.167 e. The largest absolute Gasteiger partial charge is 0.455 e. The molecule has 6 aromatic carbocycles. The highest BCUT2D eigenvalue weighted by Crippen LogP contribution is 2.38. The van der Waals surface area contributed by atoms with Gasteiger partial charge in [0.2, 0.25) is 0 Å². The summed E-state index contributed by atoms with van der Waals surface area (Å²) in [5.74, 6) is 1.65. The lowest BCUT2D eigenvalue weighted by Gasteiger charge is -2.10. The average molecular weight is 566 g/mol. The van der Waals surface area contributed by atoms with Crippen LogP contribution in [-0.2, 0) is 0 Å². The molecular formula is C39H23N3O2. The summed E-state index contributed by atoms with van der Waals surface area (Å²) in [5.41, 5.74) is 7.94. The van der Waals surface area contributed by atoms with E-state index < -0.39 is 0 Å². The van der Waals surface area contributed by atoms with E-state index in [-0.39, 0.29) is 0 Å². The van der Waals surface area contributed by atoms with E-state index in [9.17, 15) is 0 Å². The summed E-state index contributed by atoms with van der Waals surface area (Å²) in [5, 5.41) is 4.16. The van der Waals surface area contributed by atoms with Crippen LogP contribution in [0.15, 0.2) is 148 Å². The molecule has 9 rings (SSSR count). The fraction of sp³-hybridized carbons (Fsp3) is 0. The van der Waals surface area contributed by atoms with Crippen molar-refractivity contribution >= 4 is 43.9 Å². The van der Waals surface area contributed by atoms with E-state index in [0.29, 0.717) is 17.5 Å². The summed E-state index contributed by atoms with van der Waals surface area (Å²) in [4.78, 5) is 15.1. The highest BCUT2D eigenvalue weighted by atomic mass is 16.3. The molecule has 0 fully saturated rings. The van der Waals surface area contributed by atoms with Crippen LogP contribution in [0.4, 0.5) is 0 Å². The summed E-state index contributed by atoms with van der Waals surface area (Å²) in [6.45, 7) is 0. The van der Waals surface area contributed by atoms with Crippen molar-refractivity contribution in [1.82, 2.24) is 15.0 Å². The molecule has 3 heterocycles. The number of rotatable bonds is 4. The first kappa shape index (κ1) is 24.5. The fourth-order valence-electron chi connectivity index (χ4n) is 6.03. The van der Waals surface area contributed by atoms with Gasteiger partial charge in [-0.3, -0.25) is 0 Å². The van der Waals surface area contributed by atoms with Crippen LogP contribution in [0, 0.1) is 0 Å². The van der Waals surface area contributed by atoms with Crippen LogP contribution in [0.25, 0.3) is 89.2 Å². The number of aromatic nitrogens is 3. The van der Waals surface area contributed by atoms with E-state index in [2.05, 4.69) is 60.7 Å². The second kappa shape index (κ2) is 9.75. The van der Waals surface area contributed by atoms with Crippen LogP contribution >= 0.6 is 0 Å². The molecule has 5 heteroatoms. The van der Waals surface area contributed by atoms with Gasteiger partial charge < -0.3 is 8.83 Å². The van der Waals surface area contributed by atoms with Gasteiger partial charge in [0.1, 0.15) is 22.3 Å². The number of para-hydroxylation sites is 4. The van der Waals surface area contributed by atoms with Crippen LogP contribution in [0.1, 0.15) is 0 Å². The van der Waals surface area contributed by atoms with Crippen molar-refractivity contribution in [3.63, 3.8) is 0 Å². The molecule has 0 aliphatic carbocycles. The van der Waals surface area contributed by atoms with E-state index in [0.717, 1.165) is 71.7 Å².